The van der Waals surface area contributed by atoms with Crippen LogP contribution >= 0.6 is 0 Å². The summed E-state index contributed by atoms with van der Waals surface area (Å²) in [5, 5.41) is 1.66. The minimum absolute atomic E-state index is 1.20. The van der Waals surface area contributed by atoms with E-state index in [4.69, 9.17) is 0 Å². The minimum atomic E-state index is -1.20. The molecule has 17 heavy (non-hydrogen) atoms. The molecule has 2 rings (SSSR count). The Hall–Kier alpha value is -1.08. The first-order chi connectivity index (χ1) is 8.25. The molecule has 0 saturated heterocycles. The van der Waals surface area contributed by atoms with E-state index in [0.29, 0.717) is 0 Å². The Kier molecular flexibility index (Phi) is 3.68. The van der Waals surface area contributed by atoms with Crippen LogP contribution in [0.15, 0.2) is 42.5 Å². The van der Waals surface area contributed by atoms with Gasteiger partial charge in [0.05, 0.1) is 8.07 Å². The van der Waals surface area contributed by atoms with E-state index in [1.165, 1.54) is 29.3 Å². The Balaban J connectivity index is 2.53. The van der Waals surface area contributed by atoms with E-state index in [9.17, 15) is 0 Å². The number of hydrogen-bond acceptors (Lipinski definition) is 0. The van der Waals surface area contributed by atoms with Crippen molar-refractivity contribution in [3.8, 4) is 11.1 Å². The standard InChI is InChI=1S/C16H22Si/c1-4-17(5-2,6-3)16-12-14-10-8-7-9-11-15(14)13-16/h7-13H,4-6H2,1-3H3. The molecule has 0 fully saturated rings. The zero-order valence-electron chi connectivity index (χ0n) is 11.2. The summed E-state index contributed by atoms with van der Waals surface area (Å²) in [7, 11) is -1.20. The SMILES string of the molecule is CC[Si](CC)(CC)c1cc2cccccc-2c1. The molecule has 90 valence electrons. The Morgan fingerprint density at radius 2 is 1.24 bits per heavy atom. The van der Waals surface area contributed by atoms with Crippen LogP contribution in [0.4, 0.5) is 0 Å². The van der Waals surface area contributed by atoms with Crippen molar-refractivity contribution in [2.75, 3.05) is 0 Å². The summed E-state index contributed by atoms with van der Waals surface area (Å²) in [6.07, 6.45) is 0. The molecule has 0 atom stereocenters. The topological polar surface area (TPSA) is 0 Å². The molecule has 0 heterocycles. The predicted molar refractivity (Wildman–Crippen MR) is 79.9 cm³/mol. The lowest BCUT2D eigenvalue weighted by molar-refractivity contribution is 1.20. The molecular weight excluding hydrogens is 220 g/mol. The molecule has 0 radical (unpaired) electrons. The third-order valence-electron chi connectivity index (χ3n) is 4.37. The second kappa shape index (κ2) is 5.05. The van der Waals surface area contributed by atoms with Crippen LogP contribution in [0.2, 0.25) is 18.1 Å². The molecule has 0 aromatic heterocycles. The fraction of sp³-hybridized carbons (Fsp3) is 0.375. The summed E-state index contributed by atoms with van der Waals surface area (Å²) in [5.41, 5.74) is 2.80. The maximum atomic E-state index is 2.44. The van der Waals surface area contributed by atoms with Gasteiger partial charge in [0, 0.05) is 0 Å². The monoisotopic (exact) mass is 242 g/mol. The lowest BCUT2D eigenvalue weighted by atomic mass is 10.2. The van der Waals surface area contributed by atoms with Gasteiger partial charge in [-0.25, -0.2) is 0 Å². The van der Waals surface area contributed by atoms with Gasteiger partial charge in [0.15, 0.2) is 0 Å². The lowest BCUT2D eigenvalue weighted by Gasteiger charge is -2.27. The second-order valence-electron chi connectivity index (χ2n) is 4.91. The highest BCUT2D eigenvalue weighted by molar-refractivity contribution is 6.92. The third-order valence-corrected chi connectivity index (χ3v) is 9.95. The quantitative estimate of drug-likeness (QED) is 0.692. The summed E-state index contributed by atoms with van der Waals surface area (Å²) in [6, 6.07) is 19.8. The van der Waals surface area contributed by atoms with E-state index in [1.807, 2.05) is 0 Å². The van der Waals surface area contributed by atoms with Crippen molar-refractivity contribution < 1.29 is 0 Å². The fourth-order valence-electron chi connectivity index (χ4n) is 2.88. The van der Waals surface area contributed by atoms with Gasteiger partial charge in [-0.1, -0.05) is 86.6 Å². The van der Waals surface area contributed by atoms with Gasteiger partial charge >= 0.3 is 0 Å². The average Bonchev–Trinajstić information content (AvgIpc) is 2.64. The molecule has 0 aliphatic heterocycles. The molecule has 0 nitrogen and oxygen atoms in total. The zero-order valence-corrected chi connectivity index (χ0v) is 12.2. The Morgan fingerprint density at radius 3 is 1.65 bits per heavy atom. The zero-order chi connectivity index (χ0) is 12.3. The first-order valence-corrected chi connectivity index (χ1v) is 9.37. The van der Waals surface area contributed by atoms with E-state index >= 15 is 0 Å². The van der Waals surface area contributed by atoms with Crippen LogP contribution in [0.1, 0.15) is 20.8 Å². The largest absolute Gasteiger partial charge is 0.0859 e. The van der Waals surface area contributed by atoms with Crippen LogP contribution in [-0.4, -0.2) is 8.07 Å². The smallest absolute Gasteiger partial charge is 0.0675 e. The maximum Gasteiger partial charge on any atom is 0.0859 e. The van der Waals surface area contributed by atoms with Crippen LogP contribution in [0.3, 0.4) is 0 Å². The normalized spacial score (nSPS) is 11.9. The highest BCUT2D eigenvalue weighted by atomic mass is 28.3. The molecule has 0 amide bonds. The van der Waals surface area contributed by atoms with Gasteiger partial charge in [-0.15, -0.1) is 0 Å². The maximum absolute atomic E-state index is 2.44. The summed E-state index contributed by atoms with van der Waals surface area (Å²) in [5.74, 6) is 0. The van der Waals surface area contributed by atoms with Crippen molar-refractivity contribution in [3.05, 3.63) is 42.5 Å². The van der Waals surface area contributed by atoms with Gasteiger partial charge in [-0.3, -0.25) is 0 Å². The minimum Gasteiger partial charge on any atom is -0.0675 e. The van der Waals surface area contributed by atoms with E-state index in [1.54, 1.807) is 5.19 Å². The summed E-state index contributed by atoms with van der Waals surface area (Å²) >= 11 is 0. The molecule has 0 unspecified atom stereocenters. The summed E-state index contributed by atoms with van der Waals surface area (Å²) < 4.78 is 0. The first kappa shape index (κ1) is 12.4. The molecule has 0 aromatic carbocycles. The first-order valence-electron chi connectivity index (χ1n) is 6.75. The van der Waals surface area contributed by atoms with Crippen molar-refractivity contribution in [2.45, 2.75) is 38.9 Å². The Morgan fingerprint density at radius 1 is 0.765 bits per heavy atom. The molecule has 0 spiro atoms. The van der Waals surface area contributed by atoms with Crippen LogP contribution in [0, 0.1) is 0 Å². The van der Waals surface area contributed by atoms with E-state index in [-0.39, 0.29) is 0 Å². The summed E-state index contributed by atoms with van der Waals surface area (Å²) in [4.78, 5) is 0. The van der Waals surface area contributed by atoms with Gasteiger partial charge in [0.2, 0.25) is 0 Å². The molecule has 0 N–H and O–H groups in total. The van der Waals surface area contributed by atoms with Crippen molar-refractivity contribution in [1.29, 1.82) is 0 Å². The predicted octanol–water partition coefficient (Wildman–Crippen LogP) is 4.51. The molecule has 0 aromatic rings. The van der Waals surface area contributed by atoms with Crippen molar-refractivity contribution in [2.24, 2.45) is 0 Å². The van der Waals surface area contributed by atoms with Crippen molar-refractivity contribution in [3.63, 3.8) is 0 Å². The second-order valence-corrected chi connectivity index (χ2v) is 10.2. The van der Waals surface area contributed by atoms with Crippen LogP contribution in [-0.2, 0) is 0 Å². The lowest BCUT2D eigenvalue weighted by Crippen LogP contribution is -2.44. The van der Waals surface area contributed by atoms with Crippen LogP contribution < -0.4 is 5.19 Å². The van der Waals surface area contributed by atoms with E-state index in [2.05, 4.69) is 63.2 Å². The molecule has 2 aliphatic carbocycles. The third kappa shape index (κ3) is 2.16. The molecule has 1 heteroatoms. The van der Waals surface area contributed by atoms with Gasteiger partial charge < -0.3 is 0 Å². The van der Waals surface area contributed by atoms with Gasteiger partial charge in [-0.2, -0.15) is 0 Å². The number of rotatable bonds is 4. The number of fused-ring (bicyclic) bond motifs is 1. The van der Waals surface area contributed by atoms with Crippen molar-refractivity contribution in [1.82, 2.24) is 0 Å². The molecule has 0 saturated carbocycles. The van der Waals surface area contributed by atoms with Crippen molar-refractivity contribution >= 4 is 13.3 Å². The molecule has 0 bridgehead atoms. The van der Waals surface area contributed by atoms with Gasteiger partial charge in [0.1, 0.15) is 0 Å². The fourth-order valence-corrected chi connectivity index (χ4v) is 6.53. The molecular formula is C16H22Si. The van der Waals surface area contributed by atoms with Crippen LogP contribution in [0.25, 0.3) is 11.1 Å². The highest BCUT2D eigenvalue weighted by Gasteiger charge is 2.30. The summed E-state index contributed by atoms with van der Waals surface area (Å²) in [6.45, 7) is 7.12. The van der Waals surface area contributed by atoms with Gasteiger partial charge in [0.25, 0.3) is 0 Å². The van der Waals surface area contributed by atoms with E-state index in [0.717, 1.165) is 0 Å². The van der Waals surface area contributed by atoms with Gasteiger partial charge in [-0.05, 0) is 11.1 Å². The Labute approximate surface area is 106 Å². The highest BCUT2D eigenvalue weighted by Crippen LogP contribution is 2.27. The Bertz CT molecular complexity index is 418. The number of hydrogen-bond donors (Lipinski definition) is 0. The van der Waals surface area contributed by atoms with E-state index < -0.39 is 8.07 Å². The average molecular weight is 242 g/mol. The van der Waals surface area contributed by atoms with Crippen LogP contribution in [0.5, 0.6) is 0 Å². The molecule has 2 aliphatic rings.